The first-order valence-corrected chi connectivity index (χ1v) is 16.6. The maximum absolute atomic E-state index is 15.0. The lowest BCUT2D eigenvalue weighted by Gasteiger charge is -2.41. The largest absolute Gasteiger partial charge is 0.394 e. The third-order valence-electron chi connectivity index (χ3n) is 10.3. The molecule has 1 unspecified atom stereocenters. The van der Waals surface area contributed by atoms with Gasteiger partial charge in [0.2, 0.25) is 11.8 Å². The number of benzene rings is 2. The van der Waals surface area contributed by atoms with Gasteiger partial charge in [-0.25, -0.2) is 0 Å². The van der Waals surface area contributed by atoms with E-state index in [0.29, 0.717) is 19.6 Å². The first-order chi connectivity index (χ1) is 21.1. The molecule has 0 radical (unpaired) electrons. The van der Waals surface area contributed by atoms with Gasteiger partial charge in [0.15, 0.2) is 0 Å². The molecule has 2 aromatic carbocycles. The normalized spacial score (nSPS) is 31.0. The molecule has 2 saturated heterocycles. The van der Waals surface area contributed by atoms with Crippen LogP contribution in [0.15, 0.2) is 72.8 Å². The molecule has 2 fully saturated rings. The number of aryl methyl sites for hydroxylation is 2. The Morgan fingerprint density at radius 2 is 1.68 bits per heavy atom. The Balaban J connectivity index is 1.49. The molecule has 0 aromatic heterocycles. The zero-order valence-electron chi connectivity index (χ0n) is 26.3. The maximum Gasteiger partial charge on any atom is 0.251 e. The topological polar surface area (TPSA) is 81.2 Å². The van der Waals surface area contributed by atoms with Gasteiger partial charge < -0.3 is 19.8 Å². The van der Waals surface area contributed by atoms with Crippen LogP contribution in [0.5, 0.6) is 0 Å². The molecular formula is C36H43N3O4S. The van der Waals surface area contributed by atoms with Gasteiger partial charge in [-0.15, -0.1) is 11.8 Å². The van der Waals surface area contributed by atoms with Crippen LogP contribution in [0.25, 0.3) is 0 Å². The van der Waals surface area contributed by atoms with Gasteiger partial charge in [0.25, 0.3) is 5.91 Å². The summed E-state index contributed by atoms with van der Waals surface area (Å²) in [5.41, 5.74) is 3.88. The van der Waals surface area contributed by atoms with Crippen LogP contribution in [0.1, 0.15) is 43.9 Å². The van der Waals surface area contributed by atoms with Crippen molar-refractivity contribution < 1.29 is 19.5 Å². The fraction of sp³-hybridized carbons (Fsp3) is 0.472. The number of rotatable bonds is 7. The van der Waals surface area contributed by atoms with E-state index in [1.54, 1.807) is 21.6 Å². The van der Waals surface area contributed by atoms with Crippen molar-refractivity contribution in [2.75, 3.05) is 24.6 Å². The van der Waals surface area contributed by atoms with E-state index in [4.69, 9.17) is 0 Å². The number of aliphatic hydroxyl groups excluding tert-OH is 1. The van der Waals surface area contributed by atoms with E-state index in [1.807, 2.05) is 100 Å². The van der Waals surface area contributed by atoms with Crippen molar-refractivity contribution in [1.82, 2.24) is 9.80 Å². The van der Waals surface area contributed by atoms with Gasteiger partial charge in [-0.1, -0.05) is 87.0 Å². The molecule has 0 aliphatic carbocycles. The number of fused-ring (bicyclic) bond motifs is 2. The predicted octanol–water partition coefficient (Wildman–Crippen LogP) is 4.90. The molecule has 0 saturated carbocycles. The number of amides is 3. The Hall–Kier alpha value is -3.36. The van der Waals surface area contributed by atoms with E-state index in [9.17, 15) is 19.5 Å². The van der Waals surface area contributed by atoms with E-state index in [-0.39, 0.29) is 30.2 Å². The number of thioether (sulfide) groups is 1. The summed E-state index contributed by atoms with van der Waals surface area (Å²) in [5.74, 6) is -1.87. The summed E-state index contributed by atoms with van der Waals surface area (Å²) < 4.78 is -1.64. The molecular weight excluding hydrogens is 570 g/mol. The smallest absolute Gasteiger partial charge is 0.251 e. The molecule has 8 heteroatoms. The van der Waals surface area contributed by atoms with Crippen LogP contribution in [0, 0.1) is 31.6 Å². The monoisotopic (exact) mass is 613 g/mol. The summed E-state index contributed by atoms with van der Waals surface area (Å²) in [6.07, 6.45) is 8.95. The highest BCUT2D eigenvalue weighted by Gasteiger charge is 2.74. The molecule has 44 heavy (non-hydrogen) atoms. The molecule has 3 amide bonds. The van der Waals surface area contributed by atoms with Gasteiger partial charge >= 0.3 is 0 Å². The fourth-order valence-corrected chi connectivity index (χ4v) is 10.00. The molecule has 0 bridgehead atoms. The number of hydrogen-bond donors (Lipinski definition) is 1. The number of likely N-dealkylation sites (tertiary alicyclic amines) is 1. The third-order valence-corrected chi connectivity index (χ3v) is 12.1. The molecule has 7 nitrogen and oxygen atoms in total. The van der Waals surface area contributed by atoms with E-state index in [0.717, 1.165) is 28.8 Å². The second-order valence-corrected chi connectivity index (χ2v) is 14.9. The van der Waals surface area contributed by atoms with Crippen molar-refractivity contribution in [3.63, 3.8) is 0 Å². The molecule has 4 heterocycles. The molecule has 2 aromatic rings. The number of anilines is 1. The lowest BCUT2D eigenvalue weighted by atomic mass is 9.74. The average molecular weight is 614 g/mol. The van der Waals surface area contributed by atoms with E-state index < -0.39 is 33.4 Å². The molecule has 232 valence electrons. The van der Waals surface area contributed by atoms with Gasteiger partial charge in [0.1, 0.15) is 6.04 Å². The maximum atomic E-state index is 15.0. The zero-order chi connectivity index (χ0) is 31.4. The molecule has 4 aliphatic rings. The summed E-state index contributed by atoms with van der Waals surface area (Å²) in [6.45, 7) is 11.1. The Labute approximate surface area is 265 Å². The summed E-state index contributed by atoms with van der Waals surface area (Å²) >= 11 is 1.59. The highest BCUT2D eigenvalue weighted by atomic mass is 32.2. The molecule has 6 rings (SSSR count). The van der Waals surface area contributed by atoms with Crippen LogP contribution in [-0.2, 0) is 20.9 Å². The Kier molecular flexibility index (Phi) is 8.03. The highest BCUT2D eigenvalue weighted by Crippen LogP contribution is 2.66. The van der Waals surface area contributed by atoms with Crippen LogP contribution in [0.2, 0.25) is 0 Å². The standard InChI is InChI=1S/C36H43N3O4S/c1-6-24(3)28(22-40)39-31-34(43)38(27-20-23(2)14-15-25(27)4)19-11-17-36(31)30(33(39)42)29-32(41)37(18-10-16-35(29,5)44-36)21-26-12-8-7-9-13-26/h7-17,20,24,28-31,40H,6,18-19,21-22H2,1-5H3/t24-,28-,29-,30-,31?,35+,36-/m0/s1. The summed E-state index contributed by atoms with van der Waals surface area (Å²) in [4.78, 5) is 49.8. The van der Waals surface area contributed by atoms with Crippen LogP contribution >= 0.6 is 11.8 Å². The number of nitrogens with zero attached hydrogens (tertiary/aromatic N) is 3. The van der Waals surface area contributed by atoms with Crippen molar-refractivity contribution in [2.45, 2.75) is 69.2 Å². The number of carbonyl (C=O) groups is 3. The minimum Gasteiger partial charge on any atom is -0.394 e. The molecule has 1 N–H and O–H groups in total. The third kappa shape index (κ3) is 4.72. The Bertz CT molecular complexity index is 1520. The van der Waals surface area contributed by atoms with Crippen molar-refractivity contribution in [2.24, 2.45) is 17.8 Å². The lowest BCUT2D eigenvalue weighted by molar-refractivity contribution is -0.146. The molecule has 4 aliphatic heterocycles. The highest BCUT2D eigenvalue weighted by molar-refractivity contribution is 8.02. The Morgan fingerprint density at radius 1 is 0.955 bits per heavy atom. The van der Waals surface area contributed by atoms with Gasteiger partial charge in [-0.05, 0) is 49.4 Å². The average Bonchev–Trinajstić information content (AvgIpc) is 3.28. The second-order valence-electron chi connectivity index (χ2n) is 13.1. The molecule has 7 atom stereocenters. The van der Waals surface area contributed by atoms with E-state index in [2.05, 4.69) is 12.2 Å². The quantitative estimate of drug-likeness (QED) is 0.450. The zero-order valence-corrected chi connectivity index (χ0v) is 27.1. The van der Waals surface area contributed by atoms with Crippen molar-refractivity contribution in [3.8, 4) is 0 Å². The first-order valence-electron chi connectivity index (χ1n) is 15.8. The lowest BCUT2D eigenvalue weighted by Crippen LogP contribution is -2.58. The van der Waals surface area contributed by atoms with Crippen LogP contribution < -0.4 is 4.90 Å². The van der Waals surface area contributed by atoms with Gasteiger partial charge in [-0.2, -0.15) is 0 Å². The van der Waals surface area contributed by atoms with Crippen molar-refractivity contribution >= 4 is 35.2 Å². The van der Waals surface area contributed by atoms with Gasteiger partial charge in [-0.3, -0.25) is 14.4 Å². The summed E-state index contributed by atoms with van der Waals surface area (Å²) in [5, 5.41) is 10.7. The fourth-order valence-electron chi connectivity index (χ4n) is 7.86. The van der Waals surface area contributed by atoms with E-state index in [1.165, 1.54) is 0 Å². The van der Waals surface area contributed by atoms with E-state index >= 15 is 0 Å². The minimum absolute atomic E-state index is 0.0373. The van der Waals surface area contributed by atoms with Crippen molar-refractivity contribution in [3.05, 3.63) is 89.5 Å². The Morgan fingerprint density at radius 3 is 2.39 bits per heavy atom. The van der Waals surface area contributed by atoms with Crippen LogP contribution in [0.4, 0.5) is 5.69 Å². The summed E-state index contributed by atoms with van der Waals surface area (Å²) in [6, 6.07) is 14.6. The first kappa shape index (κ1) is 30.7. The van der Waals surface area contributed by atoms with Crippen molar-refractivity contribution in [1.29, 1.82) is 0 Å². The molecule has 1 spiro atoms. The van der Waals surface area contributed by atoms with Gasteiger partial charge in [0, 0.05) is 30.1 Å². The second kappa shape index (κ2) is 11.5. The number of aliphatic hydroxyl groups is 1. The number of carbonyl (C=O) groups excluding carboxylic acids is 3. The SMILES string of the molecule is CC[C@H](C)[C@H](CO)N1C(=O)[C@@H]2[C@H]3C(=O)N(Cc4ccccc4)CC=C[C@@]3(C)S[C@@]23C=CCN(c2cc(C)ccc2C)C(=O)C13. The van der Waals surface area contributed by atoms with Crippen LogP contribution in [0.3, 0.4) is 0 Å². The van der Waals surface area contributed by atoms with Gasteiger partial charge in [0.05, 0.1) is 29.2 Å². The minimum atomic E-state index is -0.962. The number of hydrogen-bond acceptors (Lipinski definition) is 5. The van der Waals surface area contributed by atoms with Crippen LogP contribution in [-0.4, -0.2) is 73.9 Å². The predicted molar refractivity (Wildman–Crippen MR) is 175 cm³/mol. The summed E-state index contributed by atoms with van der Waals surface area (Å²) in [7, 11) is 0.